The maximum atomic E-state index is 9.89. The number of fused-ring (bicyclic) bond motifs is 1. The molecular formula is C21H20N6O. The van der Waals surface area contributed by atoms with Crippen molar-refractivity contribution in [2.45, 2.75) is 19.4 Å². The molecule has 4 aromatic heterocycles. The van der Waals surface area contributed by atoms with Gasteiger partial charge in [0.05, 0.1) is 29.2 Å². The standard InChI is InChI=1S/C21H20N6O/c1-13-4-5-17(24-21(13)27-8-6-15(28)12-27)20-16-9-18(14-3-2-7-22-10-14)23-11-19(16)25-26-20/h2-5,7,9-11,15,28H,6,8,12H2,1H3,(H,25,26). The fourth-order valence-electron chi connectivity index (χ4n) is 3.69. The fourth-order valence-corrected chi connectivity index (χ4v) is 3.69. The van der Waals surface area contributed by atoms with E-state index in [1.165, 1.54) is 0 Å². The lowest BCUT2D eigenvalue weighted by atomic mass is 10.1. The summed E-state index contributed by atoms with van der Waals surface area (Å²) in [6.45, 7) is 3.48. The summed E-state index contributed by atoms with van der Waals surface area (Å²) >= 11 is 0. The van der Waals surface area contributed by atoms with Crippen LogP contribution in [0.3, 0.4) is 0 Å². The summed E-state index contributed by atoms with van der Waals surface area (Å²) in [5.41, 5.74) is 5.36. The second-order valence-electron chi connectivity index (χ2n) is 7.15. The number of aromatic amines is 1. The number of rotatable bonds is 3. The van der Waals surface area contributed by atoms with Crippen LogP contribution in [-0.4, -0.2) is 49.4 Å². The summed E-state index contributed by atoms with van der Waals surface area (Å²) in [7, 11) is 0. The lowest BCUT2D eigenvalue weighted by molar-refractivity contribution is 0.198. The molecule has 28 heavy (non-hydrogen) atoms. The molecule has 0 radical (unpaired) electrons. The summed E-state index contributed by atoms with van der Waals surface area (Å²) < 4.78 is 0. The van der Waals surface area contributed by atoms with E-state index in [0.717, 1.165) is 57.9 Å². The minimum absolute atomic E-state index is 0.288. The van der Waals surface area contributed by atoms with Crippen molar-refractivity contribution in [2.24, 2.45) is 0 Å². The Morgan fingerprint density at radius 2 is 2.11 bits per heavy atom. The average Bonchev–Trinajstić information content (AvgIpc) is 3.35. The largest absolute Gasteiger partial charge is 0.391 e. The Bertz CT molecular complexity index is 1140. The lowest BCUT2D eigenvalue weighted by Crippen LogP contribution is -2.23. The van der Waals surface area contributed by atoms with Crippen LogP contribution < -0.4 is 4.90 Å². The molecule has 5 rings (SSSR count). The molecule has 1 unspecified atom stereocenters. The highest BCUT2D eigenvalue weighted by molar-refractivity contribution is 5.93. The van der Waals surface area contributed by atoms with Crippen LogP contribution in [0.4, 0.5) is 5.82 Å². The van der Waals surface area contributed by atoms with E-state index in [1.54, 1.807) is 18.6 Å². The molecule has 0 aromatic carbocycles. The summed E-state index contributed by atoms with van der Waals surface area (Å²) in [6.07, 6.45) is 5.83. The number of aryl methyl sites for hydroxylation is 1. The summed E-state index contributed by atoms with van der Waals surface area (Å²) in [5.74, 6) is 0.909. The second kappa shape index (κ2) is 6.69. The van der Waals surface area contributed by atoms with Gasteiger partial charge >= 0.3 is 0 Å². The van der Waals surface area contributed by atoms with E-state index in [2.05, 4.69) is 31.1 Å². The van der Waals surface area contributed by atoms with Gasteiger partial charge < -0.3 is 10.0 Å². The quantitative estimate of drug-likeness (QED) is 0.575. The average molecular weight is 372 g/mol. The molecule has 1 fully saturated rings. The van der Waals surface area contributed by atoms with Crippen molar-refractivity contribution in [3.05, 3.63) is 54.5 Å². The van der Waals surface area contributed by atoms with E-state index in [9.17, 15) is 5.11 Å². The maximum Gasteiger partial charge on any atom is 0.132 e. The lowest BCUT2D eigenvalue weighted by Gasteiger charge is -2.19. The van der Waals surface area contributed by atoms with Crippen molar-refractivity contribution in [1.82, 2.24) is 25.1 Å². The number of hydrogen-bond acceptors (Lipinski definition) is 6. The van der Waals surface area contributed by atoms with Crippen molar-refractivity contribution < 1.29 is 5.11 Å². The molecule has 1 aliphatic rings. The van der Waals surface area contributed by atoms with E-state index in [-0.39, 0.29) is 6.10 Å². The molecule has 1 atom stereocenters. The second-order valence-corrected chi connectivity index (χ2v) is 7.15. The Balaban J connectivity index is 1.59. The van der Waals surface area contributed by atoms with Crippen molar-refractivity contribution >= 4 is 16.7 Å². The van der Waals surface area contributed by atoms with Gasteiger partial charge in [0.1, 0.15) is 11.5 Å². The van der Waals surface area contributed by atoms with Crippen LogP contribution >= 0.6 is 0 Å². The Hall–Kier alpha value is -3.32. The van der Waals surface area contributed by atoms with E-state index in [4.69, 9.17) is 4.98 Å². The number of nitrogens with one attached hydrogen (secondary N) is 1. The van der Waals surface area contributed by atoms with Crippen LogP contribution in [0.5, 0.6) is 0 Å². The molecule has 140 valence electrons. The van der Waals surface area contributed by atoms with Gasteiger partial charge in [0.25, 0.3) is 0 Å². The first kappa shape index (κ1) is 16.8. The number of pyridine rings is 3. The van der Waals surface area contributed by atoms with Gasteiger partial charge in [-0.2, -0.15) is 5.10 Å². The predicted molar refractivity (Wildman–Crippen MR) is 108 cm³/mol. The number of H-pyrrole nitrogens is 1. The van der Waals surface area contributed by atoms with Gasteiger partial charge in [0.15, 0.2) is 0 Å². The van der Waals surface area contributed by atoms with Gasteiger partial charge in [-0.3, -0.25) is 15.1 Å². The van der Waals surface area contributed by atoms with Crippen molar-refractivity contribution in [1.29, 1.82) is 0 Å². The molecule has 1 saturated heterocycles. The minimum atomic E-state index is -0.288. The molecular weight excluding hydrogens is 352 g/mol. The third kappa shape index (κ3) is 2.90. The molecule has 0 bridgehead atoms. The van der Waals surface area contributed by atoms with E-state index < -0.39 is 0 Å². The Morgan fingerprint density at radius 1 is 1.18 bits per heavy atom. The van der Waals surface area contributed by atoms with E-state index in [0.29, 0.717) is 6.54 Å². The van der Waals surface area contributed by atoms with Gasteiger partial charge in [-0.05, 0) is 43.2 Å². The number of aromatic nitrogens is 5. The number of anilines is 1. The highest BCUT2D eigenvalue weighted by Crippen LogP contribution is 2.31. The highest BCUT2D eigenvalue weighted by atomic mass is 16.3. The highest BCUT2D eigenvalue weighted by Gasteiger charge is 2.23. The smallest absolute Gasteiger partial charge is 0.132 e. The number of aliphatic hydroxyl groups is 1. The first-order valence-corrected chi connectivity index (χ1v) is 9.34. The predicted octanol–water partition coefficient (Wildman–Crippen LogP) is 2.96. The number of hydrogen-bond donors (Lipinski definition) is 2. The molecule has 0 saturated carbocycles. The molecule has 5 heterocycles. The molecule has 2 N–H and O–H groups in total. The van der Waals surface area contributed by atoms with Crippen LogP contribution in [0.1, 0.15) is 12.0 Å². The van der Waals surface area contributed by atoms with Gasteiger partial charge in [0, 0.05) is 36.4 Å². The monoisotopic (exact) mass is 372 g/mol. The topological polar surface area (TPSA) is 90.8 Å². The Labute approximate surface area is 162 Å². The summed E-state index contributed by atoms with van der Waals surface area (Å²) in [4.78, 5) is 15.7. The number of aliphatic hydroxyl groups excluding tert-OH is 1. The molecule has 0 amide bonds. The molecule has 1 aliphatic heterocycles. The van der Waals surface area contributed by atoms with E-state index in [1.807, 2.05) is 31.2 Å². The molecule has 7 heteroatoms. The summed E-state index contributed by atoms with van der Waals surface area (Å²) in [5, 5.41) is 18.4. The normalized spacial score (nSPS) is 16.8. The fraction of sp³-hybridized carbons (Fsp3) is 0.238. The van der Waals surface area contributed by atoms with Crippen molar-refractivity contribution in [3.63, 3.8) is 0 Å². The van der Waals surface area contributed by atoms with Crippen LogP contribution in [0.15, 0.2) is 48.9 Å². The third-order valence-corrected chi connectivity index (χ3v) is 5.18. The van der Waals surface area contributed by atoms with Gasteiger partial charge in [-0.25, -0.2) is 4.98 Å². The molecule has 0 aliphatic carbocycles. The van der Waals surface area contributed by atoms with E-state index >= 15 is 0 Å². The first-order valence-electron chi connectivity index (χ1n) is 9.34. The zero-order valence-electron chi connectivity index (χ0n) is 15.5. The molecule has 4 aromatic rings. The maximum absolute atomic E-state index is 9.89. The van der Waals surface area contributed by atoms with Crippen molar-refractivity contribution in [2.75, 3.05) is 18.0 Å². The van der Waals surface area contributed by atoms with Gasteiger partial charge in [-0.1, -0.05) is 6.07 Å². The zero-order chi connectivity index (χ0) is 19.1. The van der Waals surface area contributed by atoms with Crippen molar-refractivity contribution in [3.8, 4) is 22.6 Å². The molecule has 7 nitrogen and oxygen atoms in total. The van der Waals surface area contributed by atoms with Gasteiger partial charge in [0.2, 0.25) is 0 Å². The van der Waals surface area contributed by atoms with Gasteiger partial charge in [-0.15, -0.1) is 0 Å². The van der Waals surface area contributed by atoms with Crippen LogP contribution in [0.25, 0.3) is 33.5 Å². The SMILES string of the molecule is Cc1ccc(-c2n[nH]c3cnc(-c4cccnc4)cc23)nc1N1CCC(O)C1. The first-order chi connectivity index (χ1) is 13.7. The van der Waals surface area contributed by atoms with Crippen LogP contribution in [0, 0.1) is 6.92 Å². The third-order valence-electron chi connectivity index (χ3n) is 5.18. The summed E-state index contributed by atoms with van der Waals surface area (Å²) in [6, 6.07) is 9.96. The Morgan fingerprint density at radius 3 is 2.89 bits per heavy atom. The minimum Gasteiger partial charge on any atom is -0.391 e. The Kier molecular flexibility index (Phi) is 4.02. The van der Waals surface area contributed by atoms with Crippen LogP contribution in [-0.2, 0) is 0 Å². The van der Waals surface area contributed by atoms with Crippen LogP contribution in [0.2, 0.25) is 0 Å². The number of nitrogens with zero attached hydrogens (tertiary/aromatic N) is 5. The number of β-amino-alcohol motifs (C(OH)–C–C–N with tert-alkyl or cyclic N) is 1. The zero-order valence-corrected chi connectivity index (χ0v) is 15.5. The molecule has 0 spiro atoms.